The van der Waals surface area contributed by atoms with Gasteiger partial charge in [-0.15, -0.1) is 23.1 Å². The molecular formula is C17H20ClN3OS2. The van der Waals surface area contributed by atoms with Crippen molar-refractivity contribution in [3.8, 4) is 0 Å². The SMILES string of the molecule is O=C(CSCc1cccc(Cl)c1)Nc1ncc(C2CCNCC2)s1. The lowest BCUT2D eigenvalue weighted by molar-refractivity contribution is -0.113. The first-order valence-electron chi connectivity index (χ1n) is 7.99. The third-order valence-corrected chi connectivity index (χ3v) is 6.22. The average Bonchev–Trinajstić information content (AvgIpc) is 3.04. The zero-order valence-electron chi connectivity index (χ0n) is 13.3. The second kappa shape index (κ2) is 8.85. The molecule has 0 spiro atoms. The number of halogens is 1. The van der Waals surface area contributed by atoms with Gasteiger partial charge in [-0.25, -0.2) is 4.98 Å². The summed E-state index contributed by atoms with van der Waals surface area (Å²) in [4.78, 5) is 17.7. The van der Waals surface area contributed by atoms with Gasteiger partial charge in [-0.2, -0.15) is 0 Å². The molecule has 7 heteroatoms. The number of anilines is 1. The zero-order valence-corrected chi connectivity index (χ0v) is 15.6. The number of hydrogen-bond acceptors (Lipinski definition) is 5. The lowest BCUT2D eigenvalue weighted by Crippen LogP contribution is -2.26. The van der Waals surface area contributed by atoms with E-state index >= 15 is 0 Å². The Morgan fingerprint density at radius 2 is 2.25 bits per heavy atom. The zero-order chi connectivity index (χ0) is 16.8. The molecule has 0 saturated carbocycles. The van der Waals surface area contributed by atoms with E-state index in [4.69, 9.17) is 11.6 Å². The molecule has 0 radical (unpaired) electrons. The Hall–Kier alpha value is -1.08. The largest absolute Gasteiger partial charge is 0.317 e. The third kappa shape index (κ3) is 5.21. The Labute approximate surface area is 155 Å². The maximum atomic E-state index is 12.1. The van der Waals surface area contributed by atoms with Crippen molar-refractivity contribution < 1.29 is 4.79 Å². The van der Waals surface area contributed by atoms with E-state index in [1.165, 1.54) is 4.88 Å². The number of carbonyl (C=O) groups excluding carboxylic acids is 1. The molecule has 0 bridgehead atoms. The van der Waals surface area contributed by atoms with E-state index in [-0.39, 0.29) is 5.91 Å². The van der Waals surface area contributed by atoms with E-state index in [2.05, 4.69) is 15.6 Å². The number of nitrogens with one attached hydrogen (secondary N) is 2. The van der Waals surface area contributed by atoms with Crippen LogP contribution in [0.5, 0.6) is 0 Å². The van der Waals surface area contributed by atoms with Crippen LogP contribution in [0.15, 0.2) is 30.5 Å². The van der Waals surface area contributed by atoms with Crippen LogP contribution in [-0.2, 0) is 10.5 Å². The summed E-state index contributed by atoms with van der Waals surface area (Å²) in [6, 6.07) is 7.72. The van der Waals surface area contributed by atoms with Gasteiger partial charge in [0.25, 0.3) is 0 Å². The molecule has 2 heterocycles. The highest BCUT2D eigenvalue weighted by atomic mass is 35.5. The third-order valence-electron chi connectivity index (χ3n) is 3.90. The topological polar surface area (TPSA) is 54.0 Å². The molecule has 0 atom stereocenters. The molecule has 4 nitrogen and oxygen atoms in total. The summed E-state index contributed by atoms with van der Waals surface area (Å²) in [6.45, 7) is 2.12. The number of thioether (sulfide) groups is 1. The molecular weight excluding hydrogens is 362 g/mol. The summed E-state index contributed by atoms with van der Waals surface area (Å²) in [5, 5.41) is 7.71. The van der Waals surface area contributed by atoms with Gasteiger partial charge in [0.05, 0.1) is 5.75 Å². The fourth-order valence-electron chi connectivity index (χ4n) is 2.68. The first-order valence-corrected chi connectivity index (χ1v) is 10.3. The van der Waals surface area contributed by atoms with E-state index in [0.717, 1.165) is 42.3 Å². The number of carbonyl (C=O) groups is 1. The Morgan fingerprint density at radius 1 is 1.42 bits per heavy atom. The summed E-state index contributed by atoms with van der Waals surface area (Å²) in [5.74, 6) is 1.75. The predicted octanol–water partition coefficient (Wildman–Crippen LogP) is 4.14. The van der Waals surface area contributed by atoms with Crippen LogP contribution in [0.3, 0.4) is 0 Å². The number of benzene rings is 1. The first-order chi connectivity index (χ1) is 11.7. The molecule has 1 amide bonds. The maximum absolute atomic E-state index is 12.1. The van der Waals surface area contributed by atoms with Gasteiger partial charge < -0.3 is 10.6 Å². The maximum Gasteiger partial charge on any atom is 0.236 e. The number of amides is 1. The lowest BCUT2D eigenvalue weighted by atomic mass is 9.97. The van der Waals surface area contributed by atoms with Crippen molar-refractivity contribution in [2.45, 2.75) is 24.5 Å². The molecule has 128 valence electrons. The van der Waals surface area contributed by atoms with Gasteiger partial charge in [-0.05, 0) is 49.5 Å². The molecule has 24 heavy (non-hydrogen) atoms. The average molecular weight is 382 g/mol. The quantitative estimate of drug-likeness (QED) is 0.789. The Balaban J connectivity index is 1.44. The van der Waals surface area contributed by atoms with E-state index in [1.807, 2.05) is 30.5 Å². The summed E-state index contributed by atoms with van der Waals surface area (Å²) >= 11 is 9.14. The van der Waals surface area contributed by atoms with E-state index in [9.17, 15) is 4.79 Å². The van der Waals surface area contributed by atoms with Crippen LogP contribution in [0.4, 0.5) is 5.13 Å². The van der Waals surface area contributed by atoms with Crippen LogP contribution in [0.1, 0.15) is 29.2 Å². The summed E-state index contributed by atoms with van der Waals surface area (Å²) in [6.07, 6.45) is 4.20. The van der Waals surface area contributed by atoms with E-state index < -0.39 is 0 Å². The van der Waals surface area contributed by atoms with Crippen LogP contribution in [-0.4, -0.2) is 29.7 Å². The molecule has 3 rings (SSSR count). The van der Waals surface area contributed by atoms with Gasteiger partial charge in [0, 0.05) is 21.8 Å². The van der Waals surface area contributed by atoms with E-state index in [0.29, 0.717) is 16.8 Å². The van der Waals surface area contributed by atoms with Gasteiger partial charge in [0.2, 0.25) is 5.91 Å². The minimum atomic E-state index is -0.00626. The molecule has 1 saturated heterocycles. The Morgan fingerprint density at radius 3 is 3.04 bits per heavy atom. The molecule has 2 N–H and O–H groups in total. The van der Waals surface area contributed by atoms with Crippen LogP contribution < -0.4 is 10.6 Å². The number of hydrogen-bond donors (Lipinski definition) is 2. The molecule has 1 aliphatic rings. The van der Waals surface area contributed by atoms with Gasteiger partial charge >= 0.3 is 0 Å². The Bertz CT molecular complexity index is 686. The molecule has 0 aliphatic carbocycles. The number of aromatic nitrogens is 1. The second-order valence-corrected chi connectivity index (χ2v) is 8.25. The molecule has 0 unspecified atom stereocenters. The van der Waals surface area contributed by atoms with Crippen molar-refractivity contribution in [3.05, 3.63) is 45.9 Å². The monoisotopic (exact) mass is 381 g/mol. The highest BCUT2D eigenvalue weighted by Gasteiger charge is 2.18. The first kappa shape index (κ1) is 17.7. The fraction of sp³-hybridized carbons (Fsp3) is 0.412. The second-order valence-electron chi connectivity index (χ2n) is 5.76. The summed E-state index contributed by atoms with van der Waals surface area (Å²) in [5.41, 5.74) is 1.13. The smallest absolute Gasteiger partial charge is 0.236 e. The van der Waals surface area contributed by atoms with Crippen LogP contribution in [0.2, 0.25) is 5.02 Å². The van der Waals surface area contributed by atoms with Crippen molar-refractivity contribution >= 4 is 45.7 Å². The number of piperidine rings is 1. The molecule has 1 aromatic heterocycles. The lowest BCUT2D eigenvalue weighted by Gasteiger charge is -2.20. The Kier molecular flexibility index (Phi) is 6.54. The van der Waals surface area contributed by atoms with Crippen molar-refractivity contribution in [1.82, 2.24) is 10.3 Å². The van der Waals surface area contributed by atoms with Gasteiger partial charge in [-0.1, -0.05) is 23.7 Å². The number of nitrogens with zero attached hydrogens (tertiary/aromatic N) is 1. The van der Waals surface area contributed by atoms with Crippen molar-refractivity contribution in [2.24, 2.45) is 0 Å². The molecule has 1 aromatic carbocycles. The minimum absolute atomic E-state index is 0.00626. The van der Waals surface area contributed by atoms with Crippen LogP contribution in [0.25, 0.3) is 0 Å². The van der Waals surface area contributed by atoms with Crippen LogP contribution >= 0.6 is 34.7 Å². The molecule has 1 fully saturated rings. The summed E-state index contributed by atoms with van der Waals surface area (Å²) < 4.78 is 0. The van der Waals surface area contributed by atoms with E-state index in [1.54, 1.807) is 23.1 Å². The van der Waals surface area contributed by atoms with Crippen molar-refractivity contribution in [1.29, 1.82) is 0 Å². The normalized spacial score (nSPS) is 15.4. The van der Waals surface area contributed by atoms with Gasteiger partial charge in [0.1, 0.15) is 0 Å². The van der Waals surface area contributed by atoms with Crippen LogP contribution in [0, 0.1) is 0 Å². The summed E-state index contributed by atoms with van der Waals surface area (Å²) in [7, 11) is 0. The highest BCUT2D eigenvalue weighted by Crippen LogP contribution is 2.31. The predicted molar refractivity (Wildman–Crippen MR) is 103 cm³/mol. The number of rotatable bonds is 6. The fourth-order valence-corrected chi connectivity index (χ4v) is 4.67. The number of thiazole rings is 1. The standard InChI is InChI=1S/C17H20ClN3OS2/c18-14-3-1-2-12(8-14)10-23-11-16(22)21-17-20-9-15(24-17)13-4-6-19-7-5-13/h1-3,8-9,13,19H,4-7,10-11H2,(H,20,21,22). The van der Waals surface area contributed by atoms with Crippen molar-refractivity contribution in [2.75, 3.05) is 24.2 Å². The highest BCUT2D eigenvalue weighted by molar-refractivity contribution is 7.99. The van der Waals surface area contributed by atoms with Crippen molar-refractivity contribution in [3.63, 3.8) is 0 Å². The van der Waals surface area contributed by atoms with Gasteiger partial charge in [0.15, 0.2) is 5.13 Å². The molecule has 2 aromatic rings. The van der Waals surface area contributed by atoms with Gasteiger partial charge in [-0.3, -0.25) is 4.79 Å². The molecule has 1 aliphatic heterocycles. The minimum Gasteiger partial charge on any atom is -0.317 e.